The van der Waals surface area contributed by atoms with Crippen LogP contribution in [0.2, 0.25) is 0 Å². The standard InChI is InChI=1S/C14H23NO2S/c1-11-13(16-3)7-6-12(14(11)17-4)10-15(2)8-5-9-18/h6-7,18H,5,8-10H2,1-4H3. The van der Waals surface area contributed by atoms with Crippen molar-refractivity contribution in [3.8, 4) is 11.5 Å². The first-order chi connectivity index (χ1) is 8.63. The van der Waals surface area contributed by atoms with Gasteiger partial charge in [-0.3, -0.25) is 0 Å². The predicted molar refractivity (Wildman–Crippen MR) is 79.1 cm³/mol. The minimum Gasteiger partial charge on any atom is -0.496 e. The van der Waals surface area contributed by atoms with Gasteiger partial charge in [-0.05, 0) is 38.8 Å². The van der Waals surface area contributed by atoms with E-state index in [-0.39, 0.29) is 0 Å². The number of thiol groups is 1. The Hall–Kier alpha value is -0.870. The van der Waals surface area contributed by atoms with Crippen LogP contribution in [0.5, 0.6) is 11.5 Å². The molecule has 0 spiro atoms. The van der Waals surface area contributed by atoms with E-state index >= 15 is 0 Å². The third-order valence-corrected chi connectivity index (χ3v) is 3.32. The number of methoxy groups -OCH3 is 2. The fourth-order valence-electron chi connectivity index (χ4n) is 2.07. The van der Waals surface area contributed by atoms with Gasteiger partial charge in [0.15, 0.2) is 0 Å². The van der Waals surface area contributed by atoms with Crippen molar-refractivity contribution in [1.29, 1.82) is 0 Å². The van der Waals surface area contributed by atoms with Gasteiger partial charge in [-0.1, -0.05) is 6.07 Å². The van der Waals surface area contributed by atoms with Gasteiger partial charge in [0.1, 0.15) is 11.5 Å². The molecule has 0 radical (unpaired) electrons. The van der Waals surface area contributed by atoms with Gasteiger partial charge in [0, 0.05) is 17.7 Å². The van der Waals surface area contributed by atoms with Crippen molar-refractivity contribution in [2.24, 2.45) is 0 Å². The monoisotopic (exact) mass is 269 g/mol. The van der Waals surface area contributed by atoms with E-state index in [9.17, 15) is 0 Å². The Balaban J connectivity index is 2.85. The second-order valence-electron chi connectivity index (χ2n) is 4.40. The van der Waals surface area contributed by atoms with Crippen molar-refractivity contribution in [3.63, 3.8) is 0 Å². The molecule has 0 atom stereocenters. The maximum Gasteiger partial charge on any atom is 0.129 e. The van der Waals surface area contributed by atoms with Crippen LogP contribution in [-0.4, -0.2) is 38.5 Å². The minimum absolute atomic E-state index is 0.869. The van der Waals surface area contributed by atoms with Gasteiger partial charge in [-0.2, -0.15) is 12.6 Å². The van der Waals surface area contributed by atoms with Crippen LogP contribution in [0.1, 0.15) is 17.5 Å². The van der Waals surface area contributed by atoms with Crippen molar-refractivity contribution >= 4 is 12.6 Å². The topological polar surface area (TPSA) is 21.7 Å². The SMILES string of the molecule is COc1ccc(CN(C)CCCS)c(OC)c1C. The van der Waals surface area contributed by atoms with Crippen LogP contribution in [0.3, 0.4) is 0 Å². The van der Waals surface area contributed by atoms with Gasteiger partial charge in [-0.15, -0.1) is 0 Å². The molecular formula is C14H23NO2S. The zero-order valence-corrected chi connectivity index (χ0v) is 12.6. The molecule has 0 saturated heterocycles. The molecule has 3 nitrogen and oxygen atoms in total. The highest BCUT2D eigenvalue weighted by Crippen LogP contribution is 2.31. The fourth-order valence-corrected chi connectivity index (χ4v) is 2.21. The first-order valence-corrected chi connectivity index (χ1v) is 6.77. The number of nitrogens with zero attached hydrogens (tertiary/aromatic N) is 1. The summed E-state index contributed by atoms with van der Waals surface area (Å²) >= 11 is 4.23. The summed E-state index contributed by atoms with van der Waals surface area (Å²) in [4.78, 5) is 2.28. The predicted octanol–water partition coefficient (Wildman–Crippen LogP) is 2.76. The highest BCUT2D eigenvalue weighted by Gasteiger charge is 2.12. The molecule has 1 rings (SSSR count). The first kappa shape index (κ1) is 15.2. The van der Waals surface area contributed by atoms with E-state index < -0.39 is 0 Å². The molecule has 0 aromatic heterocycles. The Labute approximate surface area is 115 Å². The molecule has 0 heterocycles. The van der Waals surface area contributed by atoms with E-state index in [1.165, 1.54) is 5.56 Å². The summed E-state index contributed by atoms with van der Waals surface area (Å²) in [6.07, 6.45) is 1.09. The van der Waals surface area contributed by atoms with Crippen molar-refractivity contribution in [2.45, 2.75) is 19.9 Å². The normalized spacial score (nSPS) is 10.8. The van der Waals surface area contributed by atoms with Crippen molar-refractivity contribution < 1.29 is 9.47 Å². The molecule has 0 aliphatic heterocycles. The molecule has 0 unspecified atom stereocenters. The highest BCUT2D eigenvalue weighted by molar-refractivity contribution is 7.80. The minimum atomic E-state index is 0.869. The van der Waals surface area contributed by atoms with Crippen LogP contribution in [-0.2, 0) is 6.54 Å². The van der Waals surface area contributed by atoms with Gasteiger partial charge in [-0.25, -0.2) is 0 Å². The highest BCUT2D eigenvalue weighted by atomic mass is 32.1. The molecule has 0 bridgehead atoms. The molecular weight excluding hydrogens is 246 g/mol. The summed E-state index contributed by atoms with van der Waals surface area (Å²) < 4.78 is 10.8. The number of benzene rings is 1. The zero-order valence-electron chi connectivity index (χ0n) is 11.7. The molecule has 0 aliphatic carbocycles. The molecule has 102 valence electrons. The van der Waals surface area contributed by atoms with Gasteiger partial charge in [0.2, 0.25) is 0 Å². The summed E-state index contributed by atoms with van der Waals surface area (Å²) in [5.41, 5.74) is 2.25. The number of hydrogen-bond acceptors (Lipinski definition) is 4. The Bertz CT molecular complexity index is 382. The van der Waals surface area contributed by atoms with E-state index in [0.29, 0.717) is 0 Å². The molecule has 0 fully saturated rings. The van der Waals surface area contributed by atoms with E-state index in [1.54, 1.807) is 14.2 Å². The smallest absolute Gasteiger partial charge is 0.129 e. The van der Waals surface area contributed by atoms with Gasteiger partial charge < -0.3 is 14.4 Å². The molecule has 0 aliphatic rings. The van der Waals surface area contributed by atoms with E-state index in [0.717, 1.165) is 42.3 Å². The average Bonchev–Trinajstić information content (AvgIpc) is 2.37. The summed E-state index contributed by atoms with van der Waals surface area (Å²) in [5, 5.41) is 0. The van der Waals surface area contributed by atoms with Gasteiger partial charge >= 0.3 is 0 Å². The largest absolute Gasteiger partial charge is 0.496 e. The lowest BCUT2D eigenvalue weighted by Gasteiger charge is -2.20. The third-order valence-electron chi connectivity index (χ3n) is 3.00. The molecule has 0 saturated carbocycles. The Kier molecular flexibility index (Phi) is 6.36. The number of rotatable bonds is 7. The third kappa shape index (κ3) is 3.82. The summed E-state index contributed by atoms with van der Waals surface area (Å²) in [7, 11) is 5.50. The maximum absolute atomic E-state index is 5.50. The lowest BCUT2D eigenvalue weighted by Crippen LogP contribution is -2.20. The van der Waals surface area contributed by atoms with Crippen LogP contribution in [0.15, 0.2) is 12.1 Å². The molecule has 18 heavy (non-hydrogen) atoms. The molecule has 0 amide bonds. The van der Waals surface area contributed by atoms with Gasteiger partial charge in [0.25, 0.3) is 0 Å². The Morgan fingerprint density at radius 1 is 1.22 bits per heavy atom. The summed E-state index contributed by atoms with van der Waals surface area (Å²) in [6.45, 7) is 3.94. The van der Waals surface area contributed by atoms with E-state index in [4.69, 9.17) is 9.47 Å². The zero-order chi connectivity index (χ0) is 13.5. The molecule has 0 N–H and O–H groups in total. The van der Waals surface area contributed by atoms with Crippen molar-refractivity contribution in [2.75, 3.05) is 33.6 Å². The summed E-state index contributed by atoms with van der Waals surface area (Å²) in [6, 6.07) is 4.07. The quantitative estimate of drug-likeness (QED) is 0.769. The van der Waals surface area contributed by atoms with Crippen LogP contribution < -0.4 is 9.47 Å². The van der Waals surface area contributed by atoms with Gasteiger partial charge in [0.05, 0.1) is 14.2 Å². The van der Waals surface area contributed by atoms with Crippen LogP contribution in [0.25, 0.3) is 0 Å². The second-order valence-corrected chi connectivity index (χ2v) is 4.85. The van der Waals surface area contributed by atoms with E-state index in [1.807, 2.05) is 13.0 Å². The lowest BCUT2D eigenvalue weighted by atomic mass is 10.1. The van der Waals surface area contributed by atoms with Crippen molar-refractivity contribution in [3.05, 3.63) is 23.3 Å². The first-order valence-electron chi connectivity index (χ1n) is 6.13. The fraction of sp³-hybridized carbons (Fsp3) is 0.571. The summed E-state index contributed by atoms with van der Waals surface area (Å²) in [5.74, 6) is 2.71. The lowest BCUT2D eigenvalue weighted by molar-refractivity contribution is 0.317. The average molecular weight is 269 g/mol. The Morgan fingerprint density at radius 2 is 1.94 bits per heavy atom. The Morgan fingerprint density at radius 3 is 2.50 bits per heavy atom. The van der Waals surface area contributed by atoms with E-state index in [2.05, 4.69) is 30.6 Å². The van der Waals surface area contributed by atoms with Crippen molar-refractivity contribution in [1.82, 2.24) is 4.90 Å². The second kappa shape index (κ2) is 7.54. The van der Waals surface area contributed by atoms with Crippen LogP contribution >= 0.6 is 12.6 Å². The number of hydrogen-bond donors (Lipinski definition) is 1. The van der Waals surface area contributed by atoms with Crippen LogP contribution in [0.4, 0.5) is 0 Å². The number of ether oxygens (including phenoxy) is 2. The molecule has 1 aromatic rings. The maximum atomic E-state index is 5.50. The van der Waals surface area contributed by atoms with Crippen LogP contribution in [0, 0.1) is 6.92 Å². The molecule has 1 aromatic carbocycles. The molecule has 4 heteroatoms.